The van der Waals surface area contributed by atoms with Crippen LogP contribution >= 0.6 is 11.8 Å². The van der Waals surface area contributed by atoms with Crippen LogP contribution in [0.4, 0.5) is 0 Å². The van der Waals surface area contributed by atoms with Crippen LogP contribution in [0.3, 0.4) is 0 Å². The van der Waals surface area contributed by atoms with E-state index in [9.17, 15) is 0 Å². The maximum Gasteiger partial charge on any atom is 0.0510 e. The molecule has 4 atom stereocenters. The zero-order valence-electron chi connectivity index (χ0n) is 10.4. The Morgan fingerprint density at radius 2 is 2.25 bits per heavy atom. The third-order valence-electron chi connectivity index (χ3n) is 3.98. The predicted octanol–water partition coefficient (Wildman–Crippen LogP) is 2.66. The fourth-order valence-electron chi connectivity index (χ4n) is 2.80. The van der Waals surface area contributed by atoms with Crippen molar-refractivity contribution in [1.29, 1.82) is 0 Å². The molecule has 0 bridgehead atoms. The third kappa shape index (κ3) is 3.64. The van der Waals surface area contributed by atoms with Gasteiger partial charge in [0.25, 0.3) is 0 Å². The molecule has 2 fully saturated rings. The summed E-state index contributed by atoms with van der Waals surface area (Å²) in [7, 11) is 0. The standard InChI is InChI=1S/C13H25NOS/c1-10-3-2-4-12(7-10)16-9-13(14)11-5-6-15-8-11/h10-13H,2-9,14H2,1H3. The van der Waals surface area contributed by atoms with Gasteiger partial charge in [0, 0.05) is 29.6 Å². The van der Waals surface area contributed by atoms with Gasteiger partial charge in [-0.15, -0.1) is 0 Å². The number of ether oxygens (including phenoxy) is 1. The van der Waals surface area contributed by atoms with E-state index in [2.05, 4.69) is 18.7 Å². The summed E-state index contributed by atoms with van der Waals surface area (Å²) >= 11 is 2.12. The van der Waals surface area contributed by atoms with E-state index in [1.54, 1.807) is 0 Å². The molecule has 16 heavy (non-hydrogen) atoms. The van der Waals surface area contributed by atoms with Crippen molar-refractivity contribution in [2.24, 2.45) is 17.6 Å². The molecule has 2 nitrogen and oxygen atoms in total. The second-order valence-corrected chi connectivity index (χ2v) is 6.85. The molecular weight excluding hydrogens is 218 g/mol. The first-order valence-corrected chi connectivity index (χ1v) is 7.75. The minimum Gasteiger partial charge on any atom is -0.381 e. The Labute approximate surface area is 104 Å². The zero-order chi connectivity index (χ0) is 11.4. The van der Waals surface area contributed by atoms with Crippen molar-refractivity contribution in [2.45, 2.75) is 50.3 Å². The molecule has 0 spiro atoms. The van der Waals surface area contributed by atoms with Crippen LogP contribution in [-0.4, -0.2) is 30.3 Å². The van der Waals surface area contributed by atoms with Crippen LogP contribution < -0.4 is 5.73 Å². The lowest BCUT2D eigenvalue weighted by molar-refractivity contribution is 0.182. The van der Waals surface area contributed by atoms with Gasteiger partial charge in [-0.1, -0.05) is 19.8 Å². The van der Waals surface area contributed by atoms with Crippen LogP contribution in [0.25, 0.3) is 0 Å². The summed E-state index contributed by atoms with van der Waals surface area (Å²) in [6, 6.07) is 0.352. The smallest absolute Gasteiger partial charge is 0.0510 e. The van der Waals surface area contributed by atoms with Crippen LogP contribution in [0.2, 0.25) is 0 Å². The highest BCUT2D eigenvalue weighted by molar-refractivity contribution is 7.99. The molecule has 0 aromatic rings. The van der Waals surface area contributed by atoms with Crippen LogP contribution in [0.15, 0.2) is 0 Å². The van der Waals surface area contributed by atoms with Crippen LogP contribution in [-0.2, 0) is 4.74 Å². The van der Waals surface area contributed by atoms with Crippen molar-refractivity contribution < 1.29 is 4.74 Å². The van der Waals surface area contributed by atoms with Crippen LogP contribution in [0.5, 0.6) is 0 Å². The highest BCUT2D eigenvalue weighted by Gasteiger charge is 2.25. The average Bonchev–Trinajstić information content (AvgIpc) is 2.79. The molecule has 1 aliphatic carbocycles. The van der Waals surface area contributed by atoms with Crippen LogP contribution in [0, 0.1) is 11.8 Å². The minimum atomic E-state index is 0.352. The normalized spacial score (nSPS) is 37.5. The Balaban J connectivity index is 1.65. The maximum absolute atomic E-state index is 6.23. The van der Waals surface area contributed by atoms with E-state index in [0.717, 1.165) is 30.1 Å². The van der Waals surface area contributed by atoms with Crippen molar-refractivity contribution in [3.05, 3.63) is 0 Å². The Hall–Kier alpha value is 0.270. The molecule has 1 saturated heterocycles. The van der Waals surface area contributed by atoms with Gasteiger partial charge < -0.3 is 10.5 Å². The van der Waals surface area contributed by atoms with E-state index in [1.165, 1.54) is 32.1 Å². The molecular formula is C13H25NOS. The summed E-state index contributed by atoms with van der Waals surface area (Å²) in [6.07, 6.45) is 6.82. The molecule has 2 rings (SSSR count). The molecule has 1 aliphatic heterocycles. The summed E-state index contributed by atoms with van der Waals surface area (Å²) in [5.41, 5.74) is 6.23. The van der Waals surface area contributed by atoms with Crippen molar-refractivity contribution >= 4 is 11.8 Å². The summed E-state index contributed by atoms with van der Waals surface area (Å²) in [5.74, 6) is 2.68. The number of nitrogens with two attached hydrogens (primary N) is 1. The lowest BCUT2D eigenvalue weighted by Crippen LogP contribution is -2.33. The second kappa shape index (κ2) is 6.27. The van der Waals surface area contributed by atoms with Gasteiger partial charge in [0.2, 0.25) is 0 Å². The van der Waals surface area contributed by atoms with Crippen molar-refractivity contribution in [3.63, 3.8) is 0 Å². The van der Waals surface area contributed by atoms with E-state index in [1.807, 2.05) is 0 Å². The van der Waals surface area contributed by atoms with Gasteiger partial charge in [0.1, 0.15) is 0 Å². The van der Waals surface area contributed by atoms with E-state index in [4.69, 9.17) is 10.5 Å². The van der Waals surface area contributed by atoms with E-state index >= 15 is 0 Å². The molecule has 0 aromatic heterocycles. The number of hydrogen-bond acceptors (Lipinski definition) is 3. The van der Waals surface area contributed by atoms with Gasteiger partial charge in [-0.25, -0.2) is 0 Å². The highest BCUT2D eigenvalue weighted by Crippen LogP contribution is 2.32. The molecule has 2 N–H and O–H groups in total. The van der Waals surface area contributed by atoms with Gasteiger partial charge in [0.05, 0.1) is 6.61 Å². The highest BCUT2D eigenvalue weighted by atomic mass is 32.2. The van der Waals surface area contributed by atoms with Gasteiger partial charge in [0.15, 0.2) is 0 Å². The summed E-state index contributed by atoms with van der Waals surface area (Å²) in [5, 5.41) is 0.872. The SMILES string of the molecule is CC1CCCC(SCC(N)C2CCOC2)C1. The first-order valence-electron chi connectivity index (χ1n) is 6.70. The predicted molar refractivity (Wildman–Crippen MR) is 70.8 cm³/mol. The minimum absolute atomic E-state index is 0.352. The van der Waals surface area contributed by atoms with Gasteiger partial charge in [-0.2, -0.15) is 11.8 Å². The number of hydrogen-bond donors (Lipinski definition) is 1. The van der Waals surface area contributed by atoms with Crippen molar-refractivity contribution in [3.8, 4) is 0 Å². The topological polar surface area (TPSA) is 35.2 Å². The molecule has 1 heterocycles. The Kier molecular flexibility index (Phi) is 4.98. The zero-order valence-corrected chi connectivity index (χ0v) is 11.2. The average molecular weight is 243 g/mol. The fraction of sp³-hybridized carbons (Fsp3) is 1.00. The van der Waals surface area contributed by atoms with E-state index < -0.39 is 0 Å². The molecule has 0 radical (unpaired) electrons. The Bertz CT molecular complexity index is 204. The molecule has 2 aliphatic rings. The molecule has 0 amide bonds. The quantitative estimate of drug-likeness (QED) is 0.824. The number of thioether (sulfide) groups is 1. The third-order valence-corrected chi connectivity index (χ3v) is 5.46. The van der Waals surface area contributed by atoms with E-state index in [0.29, 0.717) is 12.0 Å². The number of rotatable bonds is 4. The van der Waals surface area contributed by atoms with Crippen LogP contribution in [0.1, 0.15) is 39.0 Å². The van der Waals surface area contributed by atoms with Crippen molar-refractivity contribution in [1.82, 2.24) is 0 Å². The van der Waals surface area contributed by atoms with Crippen molar-refractivity contribution in [2.75, 3.05) is 19.0 Å². The van der Waals surface area contributed by atoms with E-state index in [-0.39, 0.29) is 0 Å². The molecule has 1 saturated carbocycles. The Morgan fingerprint density at radius 1 is 1.38 bits per heavy atom. The summed E-state index contributed by atoms with van der Waals surface area (Å²) < 4.78 is 5.40. The molecule has 3 heteroatoms. The largest absolute Gasteiger partial charge is 0.381 e. The van der Waals surface area contributed by atoms with Gasteiger partial charge in [-0.05, 0) is 25.2 Å². The lowest BCUT2D eigenvalue weighted by Gasteiger charge is -2.28. The molecule has 94 valence electrons. The second-order valence-electron chi connectivity index (χ2n) is 5.51. The Morgan fingerprint density at radius 3 is 2.94 bits per heavy atom. The lowest BCUT2D eigenvalue weighted by atomic mass is 9.91. The first kappa shape index (κ1) is 12.7. The molecule has 4 unspecified atom stereocenters. The van der Waals surface area contributed by atoms with Gasteiger partial charge >= 0.3 is 0 Å². The first-order chi connectivity index (χ1) is 7.75. The fourth-order valence-corrected chi connectivity index (χ4v) is 4.37. The summed E-state index contributed by atoms with van der Waals surface area (Å²) in [4.78, 5) is 0. The monoisotopic (exact) mass is 243 g/mol. The summed E-state index contributed by atoms with van der Waals surface area (Å²) in [6.45, 7) is 4.20. The molecule has 0 aromatic carbocycles. The van der Waals surface area contributed by atoms with Gasteiger partial charge in [-0.3, -0.25) is 0 Å². The maximum atomic E-state index is 6.23.